The number of benzene rings is 1. The lowest BCUT2D eigenvalue weighted by atomic mass is 9.91. The van der Waals surface area contributed by atoms with E-state index in [2.05, 4.69) is 21.2 Å². The summed E-state index contributed by atoms with van der Waals surface area (Å²) in [5.41, 5.74) is 6.88. The third kappa shape index (κ3) is 2.18. The Bertz CT molecular complexity index is 576. The molecule has 2 amide bonds. The highest BCUT2D eigenvalue weighted by atomic mass is 79.9. The minimum atomic E-state index is -0.0880. The first kappa shape index (κ1) is 13.4. The summed E-state index contributed by atoms with van der Waals surface area (Å²) >= 11 is 3.36. The van der Waals surface area contributed by atoms with Gasteiger partial charge in [0.15, 0.2) is 0 Å². The predicted octanol–water partition coefficient (Wildman–Crippen LogP) is 1.38. The molecular formula is C14H16BrN3O2. The molecule has 0 aliphatic carbocycles. The van der Waals surface area contributed by atoms with E-state index < -0.39 is 0 Å². The minimum absolute atomic E-state index is 0.0397. The van der Waals surface area contributed by atoms with Crippen molar-refractivity contribution in [1.29, 1.82) is 0 Å². The molecule has 0 bridgehead atoms. The Balaban J connectivity index is 1.90. The van der Waals surface area contributed by atoms with Crippen LogP contribution in [0.15, 0.2) is 22.7 Å². The van der Waals surface area contributed by atoms with Gasteiger partial charge in [-0.05, 0) is 31.0 Å². The number of nitrogens with two attached hydrogens (primary N) is 1. The van der Waals surface area contributed by atoms with Crippen molar-refractivity contribution in [3.8, 4) is 0 Å². The maximum atomic E-state index is 12.7. The number of nitrogen functional groups attached to an aromatic ring is 1. The molecule has 106 valence electrons. The van der Waals surface area contributed by atoms with Gasteiger partial charge in [0, 0.05) is 23.2 Å². The highest BCUT2D eigenvalue weighted by molar-refractivity contribution is 9.10. The monoisotopic (exact) mass is 337 g/mol. The number of carbonyl (C=O) groups is 2. The van der Waals surface area contributed by atoms with Crippen LogP contribution in [0.5, 0.6) is 0 Å². The molecule has 0 saturated carbocycles. The van der Waals surface area contributed by atoms with Crippen LogP contribution in [-0.2, 0) is 4.79 Å². The van der Waals surface area contributed by atoms with Gasteiger partial charge in [-0.25, -0.2) is 0 Å². The highest BCUT2D eigenvalue weighted by Crippen LogP contribution is 2.30. The lowest BCUT2D eigenvalue weighted by Gasteiger charge is -2.36. The van der Waals surface area contributed by atoms with E-state index in [1.807, 2.05) is 6.07 Å². The van der Waals surface area contributed by atoms with Crippen LogP contribution >= 0.6 is 15.9 Å². The van der Waals surface area contributed by atoms with Crippen LogP contribution in [0.1, 0.15) is 23.2 Å². The molecule has 0 spiro atoms. The standard InChI is InChI=1S/C14H16BrN3O2/c15-8-3-4-11(16)10(6-8)14(20)18-5-1-2-9-12(18)7-17-13(9)19/h3-4,6,9,12H,1-2,5,7,16H2,(H,17,19). The van der Waals surface area contributed by atoms with Crippen LogP contribution < -0.4 is 11.1 Å². The number of halogens is 1. The number of fused-ring (bicyclic) bond motifs is 1. The van der Waals surface area contributed by atoms with Crippen LogP contribution in [0, 0.1) is 5.92 Å². The summed E-state index contributed by atoms with van der Waals surface area (Å²) < 4.78 is 0.823. The number of piperidine rings is 1. The Morgan fingerprint density at radius 1 is 1.45 bits per heavy atom. The number of amides is 2. The van der Waals surface area contributed by atoms with Crippen LogP contribution in [-0.4, -0.2) is 35.8 Å². The number of hydrogen-bond acceptors (Lipinski definition) is 3. The average molecular weight is 338 g/mol. The summed E-state index contributed by atoms with van der Waals surface area (Å²) in [7, 11) is 0. The molecule has 2 saturated heterocycles. The minimum Gasteiger partial charge on any atom is -0.398 e. The number of likely N-dealkylation sites (tertiary alicyclic amines) is 1. The Morgan fingerprint density at radius 3 is 3.05 bits per heavy atom. The van der Waals surface area contributed by atoms with E-state index in [9.17, 15) is 9.59 Å². The topological polar surface area (TPSA) is 75.4 Å². The van der Waals surface area contributed by atoms with E-state index in [1.54, 1.807) is 17.0 Å². The molecule has 3 N–H and O–H groups in total. The van der Waals surface area contributed by atoms with Gasteiger partial charge in [-0.1, -0.05) is 15.9 Å². The maximum absolute atomic E-state index is 12.7. The van der Waals surface area contributed by atoms with Gasteiger partial charge in [-0.3, -0.25) is 9.59 Å². The first-order valence-corrected chi connectivity index (χ1v) is 7.51. The van der Waals surface area contributed by atoms with Crippen LogP contribution in [0.2, 0.25) is 0 Å². The fourth-order valence-corrected chi connectivity index (χ4v) is 3.43. The molecule has 2 atom stereocenters. The van der Waals surface area contributed by atoms with Crippen molar-refractivity contribution in [2.24, 2.45) is 5.92 Å². The Labute approximate surface area is 125 Å². The molecule has 1 aromatic rings. The van der Waals surface area contributed by atoms with Crippen molar-refractivity contribution >= 4 is 33.4 Å². The van der Waals surface area contributed by atoms with Crippen molar-refractivity contribution in [1.82, 2.24) is 10.2 Å². The maximum Gasteiger partial charge on any atom is 0.256 e. The second-order valence-corrected chi connectivity index (χ2v) is 6.21. The largest absolute Gasteiger partial charge is 0.398 e. The van der Waals surface area contributed by atoms with Crippen LogP contribution in [0.4, 0.5) is 5.69 Å². The van der Waals surface area contributed by atoms with Gasteiger partial charge in [0.25, 0.3) is 5.91 Å². The van der Waals surface area contributed by atoms with Crippen LogP contribution in [0.25, 0.3) is 0 Å². The van der Waals surface area contributed by atoms with E-state index in [-0.39, 0.29) is 23.8 Å². The van der Waals surface area contributed by atoms with Gasteiger partial charge in [-0.2, -0.15) is 0 Å². The quantitative estimate of drug-likeness (QED) is 0.760. The second-order valence-electron chi connectivity index (χ2n) is 5.29. The lowest BCUT2D eigenvalue weighted by molar-refractivity contribution is -0.123. The van der Waals surface area contributed by atoms with Gasteiger partial charge in [0.05, 0.1) is 17.5 Å². The number of rotatable bonds is 1. The van der Waals surface area contributed by atoms with Gasteiger partial charge < -0.3 is 16.0 Å². The number of nitrogens with one attached hydrogen (secondary N) is 1. The molecule has 2 unspecified atom stereocenters. The molecule has 20 heavy (non-hydrogen) atoms. The van der Waals surface area contributed by atoms with Crippen LogP contribution in [0.3, 0.4) is 0 Å². The van der Waals surface area contributed by atoms with Gasteiger partial charge in [0.2, 0.25) is 5.91 Å². The average Bonchev–Trinajstić information content (AvgIpc) is 2.83. The van der Waals surface area contributed by atoms with E-state index >= 15 is 0 Å². The predicted molar refractivity (Wildman–Crippen MR) is 79.1 cm³/mol. The Kier molecular flexibility index (Phi) is 3.41. The summed E-state index contributed by atoms with van der Waals surface area (Å²) in [6.07, 6.45) is 1.71. The Hall–Kier alpha value is -1.56. The molecule has 0 aromatic heterocycles. The first-order valence-electron chi connectivity index (χ1n) is 6.71. The van der Waals surface area contributed by atoms with Gasteiger partial charge >= 0.3 is 0 Å². The molecular weight excluding hydrogens is 322 g/mol. The zero-order valence-electron chi connectivity index (χ0n) is 10.9. The summed E-state index contributed by atoms with van der Waals surface area (Å²) in [5.74, 6) is -0.0919. The normalized spacial score (nSPS) is 25.2. The van der Waals surface area contributed by atoms with Crippen molar-refractivity contribution in [3.63, 3.8) is 0 Å². The zero-order chi connectivity index (χ0) is 14.3. The molecule has 6 heteroatoms. The third-order valence-electron chi connectivity index (χ3n) is 4.11. The molecule has 2 heterocycles. The fourth-order valence-electron chi connectivity index (χ4n) is 3.07. The Morgan fingerprint density at radius 2 is 2.25 bits per heavy atom. The smallest absolute Gasteiger partial charge is 0.256 e. The van der Waals surface area contributed by atoms with Crippen molar-refractivity contribution < 1.29 is 9.59 Å². The molecule has 2 aliphatic rings. The number of carbonyl (C=O) groups excluding carboxylic acids is 2. The van der Waals surface area contributed by atoms with E-state index in [0.29, 0.717) is 24.3 Å². The number of nitrogens with zero attached hydrogens (tertiary/aromatic N) is 1. The summed E-state index contributed by atoms with van der Waals surface area (Å²) in [6, 6.07) is 5.23. The summed E-state index contributed by atoms with van der Waals surface area (Å²) in [4.78, 5) is 26.3. The molecule has 5 nitrogen and oxygen atoms in total. The number of hydrogen-bond donors (Lipinski definition) is 2. The van der Waals surface area contributed by atoms with Gasteiger partial charge in [-0.15, -0.1) is 0 Å². The molecule has 0 radical (unpaired) electrons. The zero-order valence-corrected chi connectivity index (χ0v) is 12.5. The van der Waals surface area contributed by atoms with Crippen molar-refractivity contribution in [2.45, 2.75) is 18.9 Å². The first-order chi connectivity index (χ1) is 9.58. The number of anilines is 1. The van der Waals surface area contributed by atoms with Crippen molar-refractivity contribution in [3.05, 3.63) is 28.2 Å². The molecule has 3 rings (SSSR count). The van der Waals surface area contributed by atoms with Gasteiger partial charge in [0.1, 0.15) is 0 Å². The summed E-state index contributed by atoms with van der Waals surface area (Å²) in [6.45, 7) is 1.23. The van der Waals surface area contributed by atoms with E-state index in [4.69, 9.17) is 5.73 Å². The van der Waals surface area contributed by atoms with E-state index in [1.165, 1.54) is 0 Å². The molecule has 2 aliphatic heterocycles. The third-order valence-corrected chi connectivity index (χ3v) is 4.60. The summed E-state index contributed by atoms with van der Waals surface area (Å²) in [5, 5.41) is 2.85. The molecule has 1 aromatic carbocycles. The fraction of sp³-hybridized carbons (Fsp3) is 0.429. The molecule has 2 fully saturated rings. The highest BCUT2D eigenvalue weighted by Gasteiger charge is 2.42. The SMILES string of the molecule is Nc1ccc(Br)cc1C(=O)N1CCCC2C(=O)NCC21. The second kappa shape index (κ2) is 5.09. The van der Waals surface area contributed by atoms with E-state index in [0.717, 1.165) is 17.3 Å². The van der Waals surface area contributed by atoms with Crippen molar-refractivity contribution in [2.75, 3.05) is 18.8 Å². The lowest BCUT2D eigenvalue weighted by Crippen LogP contribution is -2.48.